The first-order valence-electron chi connectivity index (χ1n) is 12.6. The molecule has 0 saturated heterocycles. The van der Waals surface area contributed by atoms with Crippen LogP contribution in [0.5, 0.6) is 11.5 Å². The summed E-state index contributed by atoms with van der Waals surface area (Å²) in [7, 11) is 0. The van der Waals surface area contributed by atoms with E-state index in [1.54, 1.807) is 0 Å². The summed E-state index contributed by atoms with van der Waals surface area (Å²) in [5.74, 6) is 1.88. The van der Waals surface area contributed by atoms with Crippen molar-refractivity contribution < 1.29 is 4.74 Å². The number of hydrogen-bond acceptors (Lipinski definition) is 1. The zero-order valence-electron chi connectivity index (χ0n) is 20.3. The molecule has 8 rings (SSSR count). The van der Waals surface area contributed by atoms with Crippen LogP contribution in [0.3, 0.4) is 0 Å². The maximum absolute atomic E-state index is 6.62. The van der Waals surface area contributed by atoms with Gasteiger partial charge in [-0.05, 0) is 73.8 Å². The fourth-order valence-electron chi connectivity index (χ4n) is 6.40. The normalized spacial score (nSPS) is 14.3. The van der Waals surface area contributed by atoms with Crippen molar-refractivity contribution in [2.75, 3.05) is 0 Å². The van der Waals surface area contributed by atoms with E-state index in [0.717, 1.165) is 22.6 Å². The predicted octanol–water partition coefficient (Wildman–Crippen LogP) is 9.74. The lowest BCUT2D eigenvalue weighted by Gasteiger charge is -2.25. The highest BCUT2D eigenvalue weighted by molar-refractivity contribution is 6.05. The van der Waals surface area contributed by atoms with Crippen LogP contribution in [0.4, 0.5) is 0 Å². The first-order chi connectivity index (χ1) is 17.6. The van der Waals surface area contributed by atoms with Gasteiger partial charge in [0.2, 0.25) is 0 Å². The molecule has 0 aromatic heterocycles. The number of hydrogen-bond donors (Lipinski definition) is 0. The molecule has 1 heterocycles. The van der Waals surface area contributed by atoms with Gasteiger partial charge < -0.3 is 4.74 Å². The maximum atomic E-state index is 6.62. The molecule has 6 aromatic carbocycles. The zero-order valence-corrected chi connectivity index (χ0v) is 20.3. The van der Waals surface area contributed by atoms with Gasteiger partial charge in [0.15, 0.2) is 0 Å². The Labute approximate surface area is 210 Å². The van der Waals surface area contributed by atoms with Gasteiger partial charge in [-0.2, -0.15) is 0 Å². The van der Waals surface area contributed by atoms with E-state index in [4.69, 9.17) is 4.74 Å². The van der Waals surface area contributed by atoms with Crippen LogP contribution in [0.15, 0.2) is 109 Å². The van der Waals surface area contributed by atoms with Crippen molar-refractivity contribution in [1.82, 2.24) is 0 Å². The van der Waals surface area contributed by atoms with E-state index >= 15 is 0 Å². The Kier molecular flexibility index (Phi) is 3.79. The third kappa shape index (κ3) is 2.55. The average molecular weight is 461 g/mol. The van der Waals surface area contributed by atoms with E-state index in [-0.39, 0.29) is 5.41 Å². The monoisotopic (exact) mass is 460 g/mol. The van der Waals surface area contributed by atoms with Gasteiger partial charge in [0.25, 0.3) is 0 Å². The average Bonchev–Trinajstić information content (AvgIpc) is 3.13. The standard InChI is InChI=1S/C35H24O/c1-35(2)30-20-24(16-17-26(30)29-18-22-8-3-4-9-23(22)19-31(29)35)25-12-7-14-28-27-13-5-10-21-11-6-15-32(33(21)27)36-34(25)28/h3-20H,1-2H3. The molecule has 170 valence electrons. The largest absolute Gasteiger partial charge is 0.455 e. The first-order valence-corrected chi connectivity index (χ1v) is 12.6. The Morgan fingerprint density at radius 1 is 0.500 bits per heavy atom. The Morgan fingerprint density at radius 3 is 2.03 bits per heavy atom. The van der Waals surface area contributed by atoms with Gasteiger partial charge in [-0.25, -0.2) is 0 Å². The first kappa shape index (κ1) is 19.9. The number of rotatable bonds is 1. The zero-order chi connectivity index (χ0) is 24.0. The number of benzene rings is 6. The smallest absolute Gasteiger partial charge is 0.143 e. The highest BCUT2D eigenvalue weighted by Gasteiger charge is 2.36. The molecule has 0 fully saturated rings. The Bertz CT molecular complexity index is 1880. The van der Waals surface area contributed by atoms with Crippen molar-refractivity contribution in [2.24, 2.45) is 0 Å². The van der Waals surface area contributed by atoms with E-state index in [1.165, 1.54) is 54.9 Å². The van der Waals surface area contributed by atoms with Crippen molar-refractivity contribution in [1.29, 1.82) is 0 Å². The van der Waals surface area contributed by atoms with Crippen LogP contribution in [0.2, 0.25) is 0 Å². The Balaban J connectivity index is 1.33. The molecule has 0 atom stereocenters. The Hall–Kier alpha value is -4.36. The third-order valence-corrected chi connectivity index (χ3v) is 8.24. The van der Waals surface area contributed by atoms with Crippen molar-refractivity contribution >= 4 is 21.5 Å². The van der Waals surface area contributed by atoms with Crippen LogP contribution in [0, 0.1) is 0 Å². The van der Waals surface area contributed by atoms with Gasteiger partial charge in [-0.3, -0.25) is 0 Å². The van der Waals surface area contributed by atoms with Crippen molar-refractivity contribution in [3.63, 3.8) is 0 Å². The summed E-state index contributed by atoms with van der Waals surface area (Å²) in [4.78, 5) is 0. The fraction of sp³-hybridized carbons (Fsp3) is 0.0857. The van der Waals surface area contributed by atoms with Crippen molar-refractivity contribution in [2.45, 2.75) is 19.3 Å². The van der Waals surface area contributed by atoms with E-state index in [9.17, 15) is 0 Å². The summed E-state index contributed by atoms with van der Waals surface area (Å²) < 4.78 is 6.62. The second kappa shape index (κ2) is 6.86. The molecule has 1 nitrogen and oxygen atoms in total. The van der Waals surface area contributed by atoms with Crippen LogP contribution in [0.25, 0.3) is 54.9 Å². The summed E-state index contributed by atoms with van der Waals surface area (Å²) in [5, 5.41) is 5.01. The van der Waals surface area contributed by atoms with E-state index in [1.807, 2.05) is 0 Å². The molecule has 2 aliphatic rings. The number of ether oxygens (including phenoxy) is 1. The third-order valence-electron chi connectivity index (χ3n) is 8.24. The summed E-state index contributed by atoms with van der Waals surface area (Å²) in [5.41, 5.74) is 10.1. The maximum Gasteiger partial charge on any atom is 0.143 e. The van der Waals surface area contributed by atoms with Crippen LogP contribution >= 0.6 is 0 Å². The highest BCUT2D eigenvalue weighted by atomic mass is 16.5. The minimum absolute atomic E-state index is 0.0708. The molecule has 1 heteroatoms. The molecule has 0 saturated carbocycles. The summed E-state index contributed by atoms with van der Waals surface area (Å²) in [6.07, 6.45) is 0. The van der Waals surface area contributed by atoms with E-state index < -0.39 is 0 Å². The SMILES string of the molecule is CC1(C)c2cc(-c3cccc4c3Oc3cccc5cccc-4c35)ccc2-c2cc3ccccc3cc21. The molecule has 0 bridgehead atoms. The quantitative estimate of drug-likeness (QED) is 0.237. The topological polar surface area (TPSA) is 9.23 Å². The van der Waals surface area contributed by atoms with E-state index in [2.05, 4.69) is 123 Å². The lowest BCUT2D eigenvalue weighted by molar-refractivity contribution is 0.489. The van der Waals surface area contributed by atoms with Crippen LogP contribution in [-0.2, 0) is 5.41 Å². The van der Waals surface area contributed by atoms with Gasteiger partial charge in [-0.1, -0.05) is 98.8 Å². The molecule has 1 aliphatic carbocycles. The van der Waals surface area contributed by atoms with Crippen molar-refractivity contribution in [3.8, 4) is 44.9 Å². The molecular weight excluding hydrogens is 436 g/mol. The van der Waals surface area contributed by atoms with E-state index in [0.29, 0.717) is 0 Å². The molecular formula is C35H24O. The lowest BCUT2D eigenvalue weighted by Crippen LogP contribution is -2.15. The highest BCUT2D eigenvalue weighted by Crippen LogP contribution is 2.53. The number of fused-ring (bicyclic) bond motifs is 6. The molecule has 36 heavy (non-hydrogen) atoms. The van der Waals surface area contributed by atoms with Gasteiger partial charge in [0.05, 0.1) is 0 Å². The fourth-order valence-corrected chi connectivity index (χ4v) is 6.40. The summed E-state index contributed by atoms with van der Waals surface area (Å²) in [6, 6.07) is 39.7. The molecule has 0 spiro atoms. The predicted molar refractivity (Wildman–Crippen MR) is 150 cm³/mol. The summed E-state index contributed by atoms with van der Waals surface area (Å²) >= 11 is 0. The Morgan fingerprint density at radius 2 is 1.17 bits per heavy atom. The molecule has 0 unspecified atom stereocenters. The van der Waals surface area contributed by atoms with Crippen LogP contribution in [-0.4, -0.2) is 0 Å². The molecule has 0 N–H and O–H groups in total. The molecule has 1 aliphatic heterocycles. The van der Waals surface area contributed by atoms with Gasteiger partial charge in [0.1, 0.15) is 11.5 Å². The minimum atomic E-state index is -0.0708. The van der Waals surface area contributed by atoms with Gasteiger partial charge in [0, 0.05) is 21.9 Å². The van der Waals surface area contributed by atoms with Gasteiger partial charge in [-0.15, -0.1) is 0 Å². The van der Waals surface area contributed by atoms with Crippen LogP contribution < -0.4 is 4.74 Å². The number of para-hydroxylation sites is 1. The molecule has 0 amide bonds. The second-order valence-corrected chi connectivity index (χ2v) is 10.6. The lowest BCUT2D eigenvalue weighted by atomic mass is 9.81. The van der Waals surface area contributed by atoms with Gasteiger partial charge >= 0.3 is 0 Å². The van der Waals surface area contributed by atoms with Crippen LogP contribution in [0.1, 0.15) is 25.0 Å². The molecule has 0 radical (unpaired) electrons. The van der Waals surface area contributed by atoms with Crippen molar-refractivity contribution in [3.05, 3.63) is 120 Å². The molecule has 6 aromatic rings. The summed E-state index contributed by atoms with van der Waals surface area (Å²) in [6.45, 7) is 4.70. The second-order valence-electron chi connectivity index (χ2n) is 10.6. The minimum Gasteiger partial charge on any atom is -0.455 e.